The Bertz CT molecular complexity index is 218. The van der Waals surface area contributed by atoms with E-state index in [2.05, 4.69) is 5.32 Å². The second-order valence-electron chi connectivity index (χ2n) is 3.29. The lowest BCUT2D eigenvalue weighted by Crippen LogP contribution is -2.18. The van der Waals surface area contributed by atoms with Gasteiger partial charge in [0.15, 0.2) is 5.78 Å². The minimum atomic E-state index is 0.335. The number of nitrogens with one attached hydrogen (secondary N) is 1. The lowest BCUT2D eigenvalue weighted by molar-refractivity contribution is -0.115. The second kappa shape index (κ2) is 2.68. The normalized spacial score (nSPS) is 24.5. The molecule has 0 aromatic rings. The molecule has 1 N–H and O–H groups in total. The van der Waals surface area contributed by atoms with Crippen LogP contribution in [0, 0.1) is 0 Å². The highest BCUT2D eigenvalue weighted by molar-refractivity contribution is 5.98. The minimum Gasteiger partial charge on any atom is -0.382 e. The van der Waals surface area contributed by atoms with Gasteiger partial charge in [-0.05, 0) is 31.3 Å². The number of allylic oxidation sites excluding steroid dienone is 2. The summed E-state index contributed by atoms with van der Waals surface area (Å²) in [5.74, 6) is 0.335. The molecular weight excluding hydrogens is 138 g/mol. The minimum absolute atomic E-state index is 0.335. The van der Waals surface area contributed by atoms with Gasteiger partial charge in [0.25, 0.3) is 0 Å². The Hall–Kier alpha value is -0.790. The molecule has 2 heteroatoms. The van der Waals surface area contributed by atoms with Crippen molar-refractivity contribution in [3.63, 3.8) is 0 Å². The van der Waals surface area contributed by atoms with Crippen LogP contribution in [0.2, 0.25) is 0 Å². The van der Waals surface area contributed by atoms with Crippen LogP contribution in [0.1, 0.15) is 32.1 Å². The van der Waals surface area contributed by atoms with Crippen LogP contribution in [-0.2, 0) is 4.79 Å². The van der Waals surface area contributed by atoms with Gasteiger partial charge < -0.3 is 5.32 Å². The Morgan fingerprint density at radius 2 is 2.00 bits per heavy atom. The van der Waals surface area contributed by atoms with E-state index < -0.39 is 0 Å². The van der Waals surface area contributed by atoms with Crippen LogP contribution >= 0.6 is 0 Å². The number of hydrogen-bond donors (Lipinski definition) is 1. The molecule has 2 aliphatic rings. The van der Waals surface area contributed by atoms with E-state index in [1.165, 1.54) is 18.4 Å². The topological polar surface area (TPSA) is 29.1 Å². The summed E-state index contributed by atoms with van der Waals surface area (Å²) in [4.78, 5) is 11.2. The molecule has 1 heterocycles. The van der Waals surface area contributed by atoms with Crippen molar-refractivity contribution in [2.24, 2.45) is 0 Å². The van der Waals surface area contributed by atoms with E-state index in [-0.39, 0.29) is 0 Å². The highest BCUT2D eigenvalue weighted by atomic mass is 16.1. The largest absolute Gasteiger partial charge is 0.382 e. The Labute approximate surface area is 66.7 Å². The maximum absolute atomic E-state index is 11.2. The van der Waals surface area contributed by atoms with Crippen LogP contribution in [0.5, 0.6) is 0 Å². The van der Waals surface area contributed by atoms with Crippen molar-refractivity contribution in [1.82, 2.24) is 5.32 Å². The van der Waals surface area contributed by atoms with E-state index in [9.17, 15) is 4.79 Å². The van der Waals surface area contributed by atoms with Gasteiger partial charge in [0.1, 0.15) is 0 Å². The van der Waals surface area contributed by atoms with Gasteiger partial charge in [-0.1, -0.05) is 0 Å². The molecule has 1 aliphatic carbocycles. The zero-order chi connectivity index (χ0) is 7.68. The van der Waals surface area contributed by atoms with Crippen molar-refractivity contribution in [2.75, 3.05) is 6.54 Å². The zero-order valence-electron chi connectivity index (χ0n) is 6.65. The Morgan fingerprint density at radius 1 is 1.09 bits per heavy atom. The number of ketones is 1. The van der Waals surface area contributed by atoms with Gasteiger partial charge in [-0.3, -0.25) is 4.79 Å². The first kappa shape index (κ1) is 6.89. The first-order valence-electron chi connectivity index (χ1n) is 4.37. The maximum atomic E-state index is 11.2. The van der Waals surface area contributed by atoms with E-state index in [4.69, 9.17) is 0 Å². The molecule has 2 rings (SSSR count). The van der Waals surface area contributed by atoms with Crippen LogP contribution in [0.25, 0.3) is 0 Å². The van der Waals surface area contributed by atoms with Gasteiger partial charge in [0.2, 0.25) is 0 Å². The first-order valence-corrected chi connectivity index (χ1v) is 4.37. The van der Waals surface area contributed by atoms with Gasteiger partial charge >= 0.3 is 0 Å². The fourth-order valence-corrected chi connectivity index (χ4v) is 1.86. The predicted molar refractivity (Wildman–Crippen MR) is 43.1 cm³/mol. The van der Waals surface area contributed by atoms with E-state index in [0.717, 1.165) is 31.5 Å². The Morgan fingerprint density at radius 3 is 2.91 bits per heavy atom. The molecule has 0 amide bonds. The molecule has 0 spiro atoms. The molecule has 1 aliphatic heterocycles. The van der Waals surface area contributed by atoms with Crippen LogP contribution in [0.4, 0.5) is 0 Å². The summed E-state index contributed by atoms with van der Waals surface area (Å²) in [5, 5.41) is 3.22. The summed E-state index contributed by atoms with van der Waals surface area (Å²) in [6.45, 7) is 0.991. The molecule has 0 unspecified atom stereocenters. The van der Waals surface area contributed by atoms with Crippen LogP contribution in [0.3, 0.4) is 0 Å². The summed E-state index contributed by atoms with van der Waals surface area (Å²) in [7, 11) is 0. The number of rotatable bonds is 0. The third-order valence-corrected chi connectivity index (χ3v) is 2.49. The molecule has 0 aromatic heterocycles. The van der Waals surface area contributed by atoms with Crippen molar-refractivity contribution >= 4 is 5.78 Å². The zero-order valence-corrected chi connectivity index (χ0v) is 6.65. The number of Topliss-reactive ketones (excluding diaryl/α,β-unsaturated/α-hetero) is 1. The van der Waals surface area contributed by atoms with Crippen molar-refractivity contribution in [1.29, 1.82) is 0 Å². The van der Waals surface area contributed by atoms with Gasteiger partial charge in [-0.15, -0.1) is 0 Å². The molecule has 0 bridgehead atoms. The van der Waals surface area contributed by atoms with Crippen LogP contribution in [-0.4, -0.2) is 12.3 Å². The molecule has 11 heavy (non-hydrogen) atoms. The summed E-state index contributed by atoms with van der Waals surface area (Å²) >= 11 is 0. The summed E-state index contributed by atoms with van der Waals surface area (Å²) < 4.78 is 0. The lowest BCUT2D eigenvalue weighted by Gasteiger charge is -2.02. The maximum Gasteiger partial charge on any atom is 0.178 e. The van der Waals surface area contributed by atoms with Gasteiger partial charge in [0.05, 0.1) is 5.70 Å². The lowest BCUT2D eigenvalue weighted by atomic mass is 10.1. The molecule has 0 saturated heterocycles. The second-order valence-corrected chi connectivity index (χ2v) is 3.29. The van der Waals surface area contributed by atoms with Crippen molar-refractivity contribution < 1.29 is 4.79 Å². The summed E-state index contributed by atoms with van der Waals surface area (Å²) in [6, 6.07) is 0. The molecule has 0 radical (unpaired) electrons. The van der Waals surface area contributed by atoms with E-state index in [1.807, 2.05) is 0 Å². The average molecular weight is 151 g/mol. The number of hydrogen-bond acceptors (Lipinski definition) is 2. The SMILES string of the molecule is O=C1CCC2=C1NCCCC2. The quantitative estimate of drug-likeness (QED) is 0.566. The molecule has 0 saturated carbocycles. The molecule has 0 fully saturated rings. The van der Waals surface area contributed by atoms with Crippen molar-refractivity contribution in [3.05, 3.63) is 11.3 Å². The fourth-order valence-electron chi connectivity index (χ4n) is 1.86. The van der Waals surface area contributed by atoms with Gasteiger partial charge in [-0.2, -0.15) is 0 Å². The van der Waals surface area contributed by atoms with Crippen LogP contribution in [0.15, 0.2) is 11.3 Å². The van der Waals surface area contributed by atoms with Gasteiger partial charge in [0, 0.05) is 13.0 Å². The average Bonchev–Trinajstić information content (AvgIpc) is 2.25. The number of carbonyl (C=O) groups is 1. The summed E-state index contributed by atoms with van der Waals surface area (Å²) in [6.07, 6.45) is 5.37. The molecule has 2 nitrogen and oxygen atoms in total. The smallest absolute Gasteiger partial charge is 0.178 e. The first-order chi connectivity index (χ1) is 5.38. The Kier molecular flexibility index (Phi) is 1.68. The summed E-state index contributed by atoms with van der Waals surface area (Å²) in [5.41, 5.74) is 2.34. The fraction of sp³-hybridized carbons (Fsp3) is 0.667. The van der Waals surface area contributed by atoms with Gasteiger partial charge in [-0.25, -0.2) is 0 Å². The van der Waals surface area contributed by atoms with E-state index >= 15 is 0 Å². The Balaban J connectivity index is 2.22. The third kappa shape index (κ3) is 1.17. The highest BCUT2D eigenvalue weighted by Gasteiger charge is 2.23. The third-order valence-electron chi connectivity index (χ3n) is 2.49. The number of carbonyl (C=O) groups excluding carboxylic acids is 1. The van der Waals surface area contributed by atoms with Crippen molar-refractivity contribution in [3.8, 4) is 0 Å². The highest BCUT2D eigenvalue weighted by Crippen LogP contribution is 2.27. The molecule has 0 atom stereocenters. The monoisotopic (exact) mass is 151 g/mol. The van der Waals surface area contributed by atoms with E-state index in [0.29, 0.717) is 5.78 Å². The molecule has 0 aromatic carbocycles. The van der Waals surface area contributed by atoms with Crippen LogP contribution < -0.4 is 5.32 Å². The standard InChI is InChI=1S/C9H13NO/c11-8-5-4-7-3-1-2-6-10-9(7)8/h10H,1-6H2. The van der Waals surface area contributed by atoms with E-state index in [1.54, 1.807) is 0 Å². The predicted octanol–water partition coefficient (Wildman–Crippen LogP) is 1.38. The molecule has 60 valence electrons. The molecular formula is C9H13NO. The van der Waals surface area contributed by atoms with Crippen molar-refractivity contribution in [2.45, 2.75) is 32.1 Å².